The van der Waals surface area contributed by atoms with Gasteiger partial charge in [0.15, 0.2) is 0 Å². The maximum atomic E-state index is 12.7. The first kappa shape index (κ1) is 22.3. The molecule has 0 saturated heterocycles. The Balaban J connectivity index is 1.55. The molecule has 3 rings (SSSR count). The lowest BCUT2D eigenvalue weighted by molar-refractivity contribution is 0.0956. The van der Waals surface area contributed by atoms with Gasteiger partial charge in [0.05, 0.1) is 12.9 Å². The summed E-state index contributed by atoms with van der Waals surface area (Å²) in [6.45, 7) is 7.20. The van der Waals surface area contributed by atoms with Crippen LogP contribution in [0.25, 0.3) is 0 Å². The molecule has 0 atom stereocenters. The predicted octanol–water partition coefficient (Wildman–Crippen LogP) is 3.11. The van der Waals surface area contributed by atoms with Crippen LogP contribution in [0.3, 0.4) is 0 Å². The van der Waals surface area contributed by atoms with Crippen molar-refractivity contribution in [2.24, 2.45) is 0 Å². The number of carbonyl (C=O) groups excluding carboxylic acids is 1. The molecule has 0 saturated carbocycles. The van der Waals surface area contributed by atoms with Crippen LogP contribution in [0.4, 0.5) is 0 Å². The molecule has 0 unspecified atom stereocenters. The van der Waals surface area contributed by atoms with Gasteiger partial charge in [-0.2, -0.15) is 4.31 Å². The largest absolute Gasteiger partial charge is 0.497 e. The highest BCUT2D eigenvalue weighted by Gasteiger charge is 2.27. The molecule has 2 aromatic carbocycles. The van der Waals surface area contributed by atoms with Gasteiger partial charge in [0, 0.05) is 25.2 Å². The molecule has 0 spiro atoms. The second-order valence-corrected chi connectivity index (χ2v) is 10.7. The normalized spacial score (nSPS) is 14.8. The average molecular weight is 431 g/mol. The Labute approximate surface area is 179 Å². The van der Waals surface area contributed by atoms with Crippen LogP contribution in [0.15, 0.2) is 42.5 Å². The van der Waals surface area contributed by atoms with E-state index in [9.17, 15) is 13.2 Å². The van der Waals surface area contributed by atoms with Crippen molar-refractivity contribution in [3.05, 3.63) is 64.7 Å². The molecule has 0 aliphatic carbocycles. The van der Waals surface area contributed by atoms with E-state index < -0.39 is 10.0 Å². The Morgan fingerprint density at radius 1 is 1.10 bits per heavy atom. The summed E-state index contributed by atoms with van der Waals surface area (Å²) in [5.41, 5.74) is 3.80. The molecular weight excluding hydrogens is 400 g/mol. The molecule has 1 amide bonds. The second-order valence-electron chi connectivity index (χ2n) is 8.62. The zero-order valence-electron chi connectivity index (χ0n) is 18.1. The smallest absolute Gasteiger partial charge is 0.251 e. The number of benzene rings is 2. The first-order valence-corrected chi connectivity index (χ1v) is 11.7. The first-order chi connectivity index (χ1) is 14.1. The van der Waals surface area contributed by atoms with E-state index in [1.807, 2.05) is 30.3 Å². The minimum atomic E-state index is -3.46. The van der Waals surface area contributed by atoms with Crippen LogP contribution in [0.2, 0.25) is 0 Å². The Morgan fingerprint density at radius 3 is 2.43 bits per heavy atom. The molecule has 0 aromatic heterocycles. The number of fused-ring (bicyclic) bond motifs is 1. The van der Waals surface area contributed by atoms with Crippen molar-refractivity contribution in [2.45, 2.75) is 39.2 Å². The third-order valence-electron chi connectivity index (χ3n) is 5.44. The SMILES string of the molecule is COc1ccc2c(c1)CCN(S(=O)(=O)CCNC(=O)c1ccc(C(C)(C)C)cc1)C2. The van der Waals surface area contributed by atoms with Gasteiger partial charge in [-0.15, -0.1) is 0 Å². The highest BCUT2D eigenvalue weighted by atomic mass is 32.2. The van der Waals surface area contributed by atoms with Gasteiger partial charge in [0.1, 0.15) is 5.75 Å². The molecular formula is C23H30N2O4S. The van der Waals surface area contributed by atoms with Crippen molar-refractivity contribution >= 4 is 15.9 Å². The number of hydrogen-bond donors (Lipinski definition) is 1. The Bertz CT molecular complexity index is 1010. The third-order valence-corrected chi connectivity index (χ3v) is 7.26. The molecule has 1 aliphatic rings. The van der Waals surface area contributed by atoms with Crippen LogP contribution < -0.4 is 10.1 Å². The maximum Gasteiger partial charge on any atom is 0.251 e. The van der Waals surface area contributed by atoms with E-state index in [1.54, 1.807) is 19.2 Å². The first-order valence-electron chi connectivity index (χ1n) is 10.1. The minimum absolute atomic E-state index is 0.0152. The van der Waals surface area contributed by atoms with Gasteiger partial charge in [0.2, 0.25) is 10.0 Å². The summed E-state index contributed by atoms with van der Waals surface area (Å²) in [4.78, 5) is 12.4. The number of nitrogens with one attached hydrogen (secondary N) is 1. The van der Waals surface area contributed by atoms with Gasteiger partial charge in [0.25, 0.3) is 5.91 Å². The number of rotatable bonds is 6. The number of methoxy groups -OCH3 is 1. The van der Waals surface area contributed by atoms with E-state index in [1.165, 1.54) is 4.31 Å². The molecule has 1 heterocycles. The van der Waals surface area contributed by atoms with Crippen molar-refractivity contribution in [1.29, 1.82) is 0 Å². The fraction of sp³-hybridized carbons (Fsp3) is 0.435. The van der Waals surface area contributed by atoms with Gasteiger partial charge in [-0.25, -0.2) is 8.42 Å². The van der Waals surface area contributed by atoms with E-state index in [0.717, 1.165) is 22.4 Å². The average Bonchev–Trinajstić information content (AvgIpc) is 2.72. The summed E-state index contributed by atoms with van der Waals surface area (Å²) in [5, 5.41) is 2.73. The van der Waals surface area contributed by atoms with Crippen molar-refractivity contribution in [1.82, 2.24) is 9.62 Å². The monoisotopic (exact) mass is 430 g/mol. The molecule has 0 bridgehead atoms. The number of amides is 1. The number of hydrogen-bond acceptors (Lipinski definition) is 4. The topological polar surface area (TPSA) is 75.7 Å². The molecule has 30 heavy (non-hydrogen) atoms. The zero-order chi connectivity index (χ0) is 21.9. The number of carbonyl (C=O) groups is 1. The van der Waals surface area contributed by atoms with E-state index in [0.29, 0.717) is 25.1 Å². The fourth-order valence-electron chi connectivity index (χ4n) is 3.51. The summed E-state index contributed by atoms with van der Waals surface area (Å²) in [7, 11) is -1.84. The summed E-state index contributed by atoms with van der Waals surface area (Å²) in [5.74, 6) is 0.398. The quantitative estimate of drug-likeness (QED) is 0.764. The Morgan fingerprint density at radius 2 is 1.80 bits per heavy atom. The minimum Gasteiger partial charge on any atom is -0.497 e. The molecule has 2 aromatic rings. The van der Waals surface area contributed by atoms with Gasteiger partial charge in [-0.05, 0) is 52.8 Å². The lowest BCUT2D eigenvalue weighted by atomic mass is 9.87. The third kappa shape index (κ3) is 5.21. The standard InChI is InChI=1S/C23H30N2O4S/c1-23(2,3)20-8-5-17(6-9-20)22(26)24-12-14-30(27,28)25-13-11-18-15-21(29-4)10-7-19(18)16-25/h5-10,15H,11-14,16H2,1-4H3,(H,24,26). The van der Waals surface area contributed by atoms with Gasteiger partial charge in [-0.1, -0.05) is 39.0 Å². The van der Waals surface area contributed by atoms with Crippen molar-refractivity contribution < 1.29 is 17.9 Å². The van der Waals surface area contributed by atoms with E-state index in [2.05, 4.69) is 26.1 Å². The van der Waals surface area contributed by atoms with E-state index >= 15 is 0 Å². The molecule has 0 fully saturated rings. The number of nitrogens with zero attached hydrogens (tertiary/aromatic N) is 1. The molecule has 1 aliphatic heterocycles. The molecule has 6 nitrogen and oxygen atoms in total. The number of sulfonamides is 1. The van der Waals surface area contributed by atoms with Crippen LogP contribution in [0, 0.1) is 0 Å². The van der Waals surface area contributed by atoms with Gasteiger partial charge < -0.3 is 10.1 Å². The summed E-state index contributed by atoms with van der Waals surface area (Å²) in [6, 6.07) is 13.2. The summed E-state index contributed by atoms with van der Waals surface area (Å²) < 4.78 is 32.2. The molecule has 0 radical (unpaired) electrons. The molecule has 1 N–H and O–H groups in total. The predicted molar refractivity (Wildman–Crippen MR) is 118 cm³/mol. The summed E-state index contributed by atoms with van der Waals surface area (Å²) >= 11 is 0. The summed E-state index contributed by atoms with van der Waals surface area (Å²) in [6.07, 6.45) is 0.651. The lowest BCUT2D eigenvalue weighted by Gasteiger charge is -2.28. The van der Waals surface area contributed by atoms with Crippen LogP contribution in [-0.4, -0.2) is 44.6 Å². The van der Waals surface area contributed by atoms with Crippen molar-refractivity contribution in [2.75, 3.05) is 26.0 Å². The van der Waals surface area contributed by atoms with Gasteiger partial charge in [-0.3, -0.25) is 4.79 Å². The fourth-order valence-corrected chi connectivity index (χ4v) is 4.84. The van der Waals surface area contributed by atoms with E-state index in [4.69, 9.17) is 4.74 Å². The Hall–Kier alpha value is -2.38. The second kappa shape index (κ2) is 8.78. The highest BCUT2D eigenvalue weighted by molar-refractivity contribution is 7.89. The van der Waals surface area contributed by atoms with Crippen LogP contribution in [0.5, 0.6) is 5.75 Å². The van der Waals surface area contributed by atoms with Crippen LogP contribution in [0.1, 0.15) is 47.8 Å². The van der Waals surface area contributed by atoms with Crippen molar-refractivity contribution in [3.63, 3.8) is 0 Å². The van der Waals surface area contributed by atoms with Crippen LogP contribution in [-0.2, 0) is 28.4 Å². The maximum absolute atomic E-state index is 12.7. The van der Waals surface area contributed by atoms with Gasteiger partial charge >= 0.3 is 0 Å². The van der Waals surface area contributed by atoms with Crippen molar-refractivity contribution in [3.8, 4) is 5.75 Å². The molecule has 162 valence electrons. The Kier molecular flexibility index (Phi) is 6.53. The lowest BCUT2D eigenvalue weighted by Crippen LogP contribution is -2.40. The molecule has 7 heteroatoms. The highest BCUT2D eigenvalue weighted by Crippen LogP contribution is 2.25. The van der Waals surface area contributed by atoms with Crippen LogP contribution >= 0.6 is 0 Å². The number of ether oxygens (including phenoxy) is 1. The zero-order valence-corrected chi connectivity index (χ0v) is 18.9. The van der Waals surface area contributed by atoms with E-state index in [-0.39, 0.29) is 23.6 Å².